The number of likely N-dealkylation sites (tertiary alicyclic amines) is 1. The van der Waals surface area contributed by atoms with Crippen LogP contribution in [0.15, 0.2) is 6.20 Å². The number of anilines is 1. The summed E-state index contributed by atoms with van der Waals surface area (Å²) in [6.07, 6.45) is 3.71. The number of hydrogen-bond donors (Lipinski definition) is 1. The van der Waals surface area contributed by atoms with Crippen LogP contribution in [0.3, 0.4) is 0 Å². The van der Waals surface area contributed by atoms with Gasteiger partial charge in [0.2, 0.25) is 5.82 Å². The molecule has 1 aromatic rings. The molecular weight excluding hydrogens is 246 g/mol. The molecule has 0 aromatic carbocycles. The second-order valence-corrected chi connectivity index (χ2v) is 5.05. The Morgan fingerprint density at radius 3 is 2.79 bits per heavy atom. The summed E-state index contributed by atoms with van der Waals surface area (Å²) in [5.41, 5.74) is 0.0495. The van der Waals surface area contributed by atoms with Crippen molar-refractivity contribution < 1.29 is 4.92 Å². The first kappa shape index (κ1) is 13.8. The van der Waals surface area contributed by atoms with Gasteiger partial charge in [0.05, 0.1) is 4.92 Å². The van der Waals surface area contributed by atoms with Gasteiger partial charge in [-0.1, -0.05) is 6.92 Å². The van der Waals surface area contributed by atoms with Crippen LogP contribution in [-0.4, -0.2) is 45.8 Å². The van der Waals surface area contributed by atoms with Gasteiger partial charge in [-0.15, -0.1) is 5.10 Å². The summed E-state index contributed by atoms with van der Waals surface area (Å²) < 4.78 is 1.47. The molecule has 1 fully saturated rings. The van der Waals surface area contributed by atoms with E-state index in [-0.39, 0.29) is 5.69 Å². The van der Waals surface area contributed by atoms with Gasteiger partial charge in [0, 0.05) is 13.6 Å². The summed E-state index contributed by atoms with van der Waals surface area (Å²) in [5, 5.41) is 18.1. The molecule has 1 aliphatic rings. The van der Waals surface area contributed by atoms with Crippen LogP contribution in [-0.2, 0) is 7.05 Å². The molecule has 0 spiro atoms. The molecule has 2 heterocycles. The van der Waals surface area contributed by atoms with Gasteiger partial charge < -0.3 is 10.2 Å². The van der Waals surface area contributed by atoms with Gasteiger partial charge in [0.1, 0.15) is 6.20 Å². The van der Waals surface area contributed by atoms with Gasteiger partial charge in [-0.05, 0) is 38.4 Å². The smallest absolute Gasteiger partial charge is 0.330 e. The van der Waals surface area contributed by atoms with E-state index in [1.807, 2.05) is 0 Å². The van der Waals surface area contributed by atoms with Crippen LogP contribution in [0.5, 0.6) is 0 Å². The highest BCUT2D eigenvalue weighted by Gasteiger charge is 2.21. The zero-order valence-electron chi connectivity index (χ0n) is 11.5. The maximum atomic E-state index is 10.9. The Morgan fingerprint density at radius 1 is 1.53 bits per heavy atom. The highest BCUT2D eigenvalue weighted by molar-refractivity contribution is 5.54. The first-order valence-electron chi connectivity index (χ1n) is 6.74. The average Bonchev–Trinajstić information content (AvgIpc) is 2.78. The minimum Gasteiger partial charge on any atom is -0.363 e. The van der Waals surface area contributed by atoms with E-state index in [0.717, 1.165) is 39.0 Å². The second-order valence-electron chi connectivity index (χ2n) is 5.05. The van der Waals surface area contributed by atoms with Crippen molar-refractivity contribution in [1.29, 1.82) is 0 Å². The standard InChI is InChI=1S/C12H21N5O2/c1-3-16-6-4-10(5-7-16)8-13-12-11(17(18)19)9-15(2)14-12/h9-10H,3-8H2,1-2H3,(H,13,14). The van der Waals surface area contributed by atoms with Crippen molar-refractivity contribution >= 4 is 11.5 Å². The van der Waals surface area contributed by atoms with Gasteiger partial charge in [-0.3, -0.25) is 14.8 Å². The lowest BCUT2D eigenvalue weighted by Gasteiger charge is -2.30. The third-order valence-electron chi connectivity index (χ3n) is 3.72. The minimum absolute atomic E-state index is 0.0495. The van der Waals surface area contributed by atoms with Crippen molar-refractivity contribution in [2.45, 2.75) is 19.8 Å². The molecule has 1 aliphatic heterocycles. The number of aromatic nitrogens is 2. The Hall–Kier alpha value is -1.63. The first-order valence-corrected chi connectivity index (χ1v) is 6.74. The Morgan fingerprint density at radius 2 is 2.21 bits per heavy atom. The molecule has 1 N–H and O–H groups in total. The van der Waals surface area contributed by atoms with E-state index in [0.29, 0.717) is 11.7 Å². The third-order valence-corrected chi connectivity index (χ3v) is 3.72. The quantitative estimate of drug-likeness (QED) is 0.646. The molecular formula is C12H21N5O2. The van der Waals surface area contributed by atoms with Crippen LogP contribution in [0, 0.1) is 16.0 Å². The minimum atomic E-state index is -0.394. The molecule has 0 bridgehead atoms. The molecule has 2 rings (SSSR count). The van der Waals surface area contributed by atoms with Gasteiger partial charge in [0.15, 0.2) is 0 Å². The fraction of sp³-hybridized carbons (Fsp3) is 0.750. The van der Waals surface area contributed by atoms with Gasteiger partial charge in [-0.25, -0.2) is 0 Å². The molecule has 7 heteroatoms. The number of aryl methyl sites for hydroxylation is 1. The molecule has 0 aliphatic carbocycles. The Bertz CT molecular complexity index is 437. The number of rotatable bonds is 5. The zero-order chi connectivity index (χ0) is 13.8. The molecule has 0 amide bonds. The fourth-order valence-corrected chi connectivity index (χ4v) is 2.48. The van der Waals surface area contributed by atoms with E-state index in [1.165, 1.54) is 10.9 Å². The van der Waals surface area contributed by atoms with Gasteiger partial charge in [0.25, 0.3) is 0 Å². The van der Waals surface area contributed by atoms with Crippen molar-refractivity contribution in [3.05, 3.63) is 16.3 Å². The number of piperidine rings is 1. The lowest BCUT2D eigenvalue weighted by Crippen LogP contribution is -2.35. The van der Waals surface area contributed by atoms with E-state index >= 15 is 0 Å². The second kappa shape index (κ2) is 6.01. The van der Waals surface area contributed by atoms with E-state index < -0.39 is 4.92 Å². The number of hydrogen-bond acceptors (Lipinski definition) is 5. The molecule has 0 saturated carbocycles. The van der Waals surface area contributed by atoms with Crippen LogP contribution in [0.4, 0.5) is 11.5 Å². The van der Waals surface area contributed by atoms with Crippen LogP contribution in [0.1, 0.15) is 19.8 Å². The molecule has 106 valence electrons. The van der Waals surface area contributed by atoms with Crippen LogP contribution >= 0.6 is 0 Å². The molecule has 0 radical (unpaired) electrons. The molecule has 7 nitrogen and oxygen atoms in total. The number of nitrogens with zero attached hydrogens (tertiary/aromatic N) is 4. The Kier molecular flexibility index (Phi) is 4.36. The number of nitro groups is 1. The van der Waals surface area contributed by atoms with Crippen molar-refractivity contribution in [2.75, 3.05) is 31.5 Å². The third kappa shape index (κ3) is 3.44. The largest absolute Gasteiger partial charge is 0.363 e. The highest BCUT2D eigenvalue weighted by atomic mass is 16.6. The first-order chi connectivity index (χ1) is 9.10. The van der Waals surface area contributed by atoms with Crippen LogP contribution in [0.2, 0.25) is 0 Å². The van der Waals surface area contributed by atoms with Gasteiger partial charge >= 0.3 is 5.69 Å². The van der Waals surface area contributed by atoms with Crippen molar-refractivity contribution in [1.82, 2.24) is 14.7 Å². The highest BCUT2D eigenvalue weighted by Crippen LogP contribution is 2.23. The Balaban J connectivity index is 1.87. The molecule has 0 atom stereocenters. The summed E-state index contributed by atoms with van der Waals surface area (Å²) in [7, 11) is 1.69. The van der Waals surface area contributed by atoms with Crippen LogP contribution in [0.25, 0.3) is 0 Å². The van der Waals surface area contributed by atoms with E-state index in [4.69, 9.17) is 0 Å². The zero-order valence-corrected chi connectivity index (χ0v) is 11.5. The predicted octanol–water partition coefficient (Wildman–Crippen LogP) is 1.47. The monoisotopic (exact) mass is 267 g/mol. The SMILES string of the molecule is CCN1CCC(CNc2nn(C)cc2[N+](=O)[O-])CC1. The summed E-state index contributed by atoms with van der Waals surface area (Å²) in [4.78, 5) is 12.9. The number of nitrogens with one attached hydrogen (secondary N) is 1. The topological polar surface area (TPSA) is 76.2 Å². The molecule has 19 heavy (non-hydrogen) atoms. The van der Waals surface area contributed by atoms with E-state index in [9.17, 15) is 10.1 Å². The fourth-order valence-electron chi connectivity index (χ4n) is 2.48. The maximum Gasteiger partial charge on any atom is 0.330 e. The molecule has 0 unspecified atom stereocenters. The molecule has 1 saturated heterocycles. The van der Waals surface area contributed by atoms with Crippen LogP contribution < -0.4 is 5.32 Å². The van der Waals surface area contributed by atoms with Crippen molar-refractivity contribution in [3.63, 3.8) is 0 Å². The van der Waals surface area contributed by atoms with Crippen molar-refractivity contribution in [2.24, 2.45) is 13.0 Å². The normalized spacial score (nSPS) is 17.6. The van der Waals surface area contributed by atoms with Gasteiger partial charge in [-0.2, -0.15) is 0 Å². The molecule has 1 aromatic heterocycles. The average molecular weight is 267 g/mol. The lowest BCUT2D eigenvalue weighted by atomic mass is 9.97. The summed E-state index contributed by atoms with van der Waals surface area (Å²) in [6, 6.07) is 0. The van der Waals surface area contributed by atoms with E-state index in [2.05, 4.69) is 22.2 Å². The van der Waals surface area contributed by atoms with Crippen molar-refractivity contribution in [3.8, 4) is 0 Å². The summed E-state index contributed by atoms with van der Waals surface area (Å²) in [6.45, 7) is 6.28. The predicted molar refractivity (Wildman–Crippen MR) is 73.2 cm³/mol. The Labute approximate surface area is 112 Å². The lowest BCUT2D eigenvalue weighted by molar-refractivity contribution is -0.384. The summed E-state index contributed by atoms with van der Waals surface area (Å²) in [5.74, 6) is 0.954. The summed E-state index contributed by atoms with van der Waals surface area (Å²) >= 11 is 0. The maximum absolute atomic E-state index is 10.9. The van der Waals surface area contributed by atoms with E-state index in [1.54, 1.807) is 7.05 Å².